The fraction of sp³-hybridized carbons (Fsp3) is 0.478. The maximum Gasteiger partial charge on any atom is 0.227 e. The van der Waals surface area contributed by atoms with E-state index in [4.69, 9.17) is 0 Å². The molecule has 1 aromatic carbocycles. The number of hydrogen-bond acceptors (Lipinski definition) is 5. The number of hydrogen-bond donors (Lipinski definition) is 1. The van der Waals surface area contributed by atoms with Crippen LogP contribution >= 0.6 is 0 Å². The first kappa shape index (κ1) is 20.3. The molecule has 0 saturated carbocycles. The molecule has 1 unspecified atom stereocenters. The summed E-state index contributed by atoms with van der Waals surface area (Å²) < 4.78 is 0. The summed E-state index contributed by atoms with van der Waals surface area (Å²) in [5, 5.41) is 3.04. The molecule has 2 amide bonds. The van der Waals surface area contributed by atoms with Crippen molar-refractivity contribution in [3.8, 4) is 0 Å². The molecular formula is C23H29N5O2. The van der Waals surface area contributed by atoms with Gasteiger partial charge in [0.05, 0.1) is 12.1 Å². The van der Waals surface area contributed by atoms with Crippen LogP contribution in [0.3, 0.4) is 0 Å². The van der Waals surface area contributed by atoms with Crippen molar-refractivity contribution in [3.63, 3.8) is 0 Å². The zero-order valence-corrected chi connectivity index (χ0v) is 17.2. The van der Waals surface area contributed by atoms with E-state index in [0.29, 0.717) is 26.2 Å². The Morgan fingerprint density at radius 1 is 1.00 bits per heavy atom. The Hall–Kier alpha value is -2.96. The molecule has 0 spiro atoms. The number of carbonyl (C=O) groups is 2. The van der Waals surface area contributed by atoms with Crippen molar-refractivity contribution in [2.24, 2.45) is 11.8 Å². The van der Waals surface area contributed by atoms with E-state index in [9.17, 15) is 9.59 Å². The number of aromatic nitrogens is 2. The highest BCUT2D eigenvalue weighted by Gasteiger charge is 2.33. The van der Waals surface area contributed by atoms with Gasteiger partial charge >= 0.3 is 0 Å². The molecule has 4 rings (SSSR count). The van der Waals surface area contributed by atoms with Gasteiger partial charge in [0.15, 0.2) is 0 Å². The van der Waals surface area contributed by atoms with Crippen LogP contribution in [0.5, 0.6) is 0 Å². The highest BCUT2D eigenvalue weighted by Crippen LogP contribution is 2.25. The van der Waals surface area contributed by atoms with E-state index in [1.807, 2.05) is 35.2 Å². The summed E-state index contributed by atoms with van der Waals surface area (Å²) in [6, 6.07) is 9.94. The molecule has 2 aliphatic rings. The molecule has 0 bridgehead atoms. The standard InChI is InChI=1S/C23H29N5O2/c29-22(26-15-18-5-2-1-3-6-18)19-8-13-27(14-9-19)23(30)20-7-4-12-28(17-20)21-16-24-10-11-25-21/h1-3,5-6,10-11,16,19-20H,4,7-9,12-15,17H2,(H,26,29). The Kier molecular flexibility index (Phi) is 6.57. The second-order valence-electron chi connectivity index (χ2n) is 8.15. The van der Waals surface area contributed by atoms with Crippen LogP contribution in [-0.4, -0.2) is 52.9 Å². The van der Waals surface area contributed by atoms with Gasteiger partial charge in [-0.05, 0) is 31.2 Å². The van der Waals surface area contributed by atoms with Gasteiger partial charge in [0, 0.05) is 51.0 Å². The maximum absolute atomic E-state index is 13.1. The fourth-order valence-corrected chi connectivity index (χ4v) is 4.39. The minimum absolute atomic E-state index is 0.00999. The van der Waals surface area contributed by atoms with E-state index in [1.54, 1.807) is 18.6 Å². The summed E-state index contributed by atoms with van der Waals surface area (Å²) in [6.45, 7) is 3.47. The smallest absolute Gasteiger partial charge is 0.227 e. The summed E-state index contributed by atoms with van der Waals surface area (Å²) in [5.41, 5.74) is 1.10. The van der Waals surface area contributed by atoms with Crippen LogP contribution in [0.4, 0.5) is 5.82 Å². The zero-order chi connectivity index (χ0) is 20.8. The van der Waals surface area contributed by atoms with E-state index >= 15 is 0 Å². The normalized spacial score (nSPS) is 20.1. The van der Waals surface area contributed by atoms with Crippen LogP contribution in [0, 0.1) is 11.8 Å². The molecule has 0 aliphatic carbocycles. The number of nitrogens with zero attached hydrogens (tertiary/aromatic N) is 4. The fourth-order valence-electron chi connectivity index (χ4n) is 4.39. The number of benzene rings is 1. The number of amides is 2. The molecule has 2 aliphatic heterocycles. The highest BCUT2D eigenvalue weighted by molar-refractivity contribution is 5.81. The molecule has 0 radical (unpaired) electrons. The van der Waals surface area contributed by atoms with Gasteiger partial charge in [0.1, 0.15) is 5.82 Å². The highest BCUT2D eigenvalue weighted by atomic mass is 16.2. The van der Waals surface area contributed by atoms with Crippen molar-refractivity contribution in [1.29, 1.82) is 0 Å². The van der Waals surface area contributed by atoms with Gasteiger partial charge in [0.25, 0.3) is 0 Å². The zero-order valence-electron chi connectivity index (χ0n) is 17.2. The lowest BCUT2D eigenvalue weighted by molar-refractivity contribution is -0.139. The van der Waals surface area contributed by atoms with E-state index in [-0.39, 0.29) is 23.7 Å². The van der Waals surface area contributed by atoms with Crippen molar-refractivity contribution in [2.45, 2.75) is 32.2 Å². The van der Waals surface area contributed by atoms with Crippen LogP contribution in [0.2, 0.25) is 0 Å². The van der Waals surface area contributed by atoms with E-state index < -0.39 is 0 Å². The van der Waals surface area contributed by atoms with Crippen molar-refractivity contribution >= 4 is 17.6 Å². The lowest BCUT2D eigenvalue weighted by Gasteiger charge is -2.37. The molecule has 2 aromatic rings. The molecule has 158 valence electrons. The maximum atomic E-state index is 13.1. The SMILES string of the molecule is O=C(NCc1ccccc1)C1CCN(C(=O)C2CCCN(c3cnccn3)C2)CC1. The van der Waals surface area contributed by atoms with Gasteiger partial charge in [-0.1, -0.05) is 30.3 Å². The van der Waals surface area contributed by atoms with Crippen LogP contribution in [0.15, 0.2) is 48.9 Å². The number of likely N-dealkylation sites (tertiary alicyclic amines) is 1. The van der Waals surface area contributed by atoms with Crippen LogP contribution in [0.1, 0.15) is 31.2 Å². The third-order valence-corrected chi connectivity index (χ3v) is 6.13. The van der Waals surface area contributed by atoms with Gasteiger partial charge in [-0.15, -0.1) is 0 Å². The molecule has 1 atom stereocenters. The topological polar surface area (TPSA) is 78.4 Å². The molecular weight excluding hydrogens is 378 g/mol. The number of anilines is 1. The van der Waals surface area contributed by atoms with E-state index in [1.165, 1.54) is 0 Å². The molecule has 2 fully saturated rings. The second kappa shape index (κ2) is 9.69. The Morgan fingerprint density at radius 2 is 1.80 bits per heavy atom. The third kappa shape index (κ3) is 4.96. The lowest BCUT2D eigenvalue weighted by Crippen LogP contribution is -2.48. The minimum Gasteiger partial charge on any atom is -0.355 e. The number of carbonyl (C=O) groups excluding carboxylic acids is 2. The van der Waals surface area contributed by atoms with Gasteiger partial charge in [-0.3, -0.25) is 14.6 Å². The first-order chi connectivity index (χ1) is 14.7. The minimum atomic E-state index is -0.0137. The Bertz CT molecular complexity index is 837. The number of nitrogens with one attached hydrogen (secondary N) is 1. The van der Waals surface area contributed by atoms with Gasteiger partial charge in [-0.25, -0.2) is 4.98 Å². The van der Waals surface area contributed by atoms with Gasteiger partial charge < -0.3 is 15.1 Å². The average molecular weight is 408 g/mol. The largest absolute Gasteiger partial charge is 0.355 e. The lowest BCUT2D eigenvalue weighted by atomic mass is 9.92. The van der Waals surface area contributed by atoms with E-state index in [0.717, 1.165) is 43.6 Å². The van der Waals surface area contributed by atoms with Crippen molar-refractivity contribution < 1.29 is 9.59 Å². The Morgan fingerprint density at radius 3 is 2.53 bits per heavy atom. The van der Waals surface area contributed by atoms with Crippen molar-refractivity contribution in [3.05, 3.63) is 54.5 Å². The van der Waals surface area contributed by atoms with E-state index in [2.05, 4.69) is 20.2 Å². The Labute approximate surface area is 177 Å². The van der Waals surface area contributed by atoms with Crippen LogP contribution in [0.25, 0.3) is 0 Å². The quantitative estimate of drug-likeness (QED) is 0.823. The first-order valence-corrected chi connectivity index (χ1v) is 10.8. The average Bonchev–Trinajstić information content (AvgIpc) is 2.83. The number of piperidine rings is 2. The Balaban J connectivity index is 1.25. The molecule has 7 nitrogen and oxygen atoms in total. The molecule has 3 heterocycles. The third-order valence-electron chi connectivity index (χ3n) is 6.13. The van der Waals surface area contributed by atoms with Crippen molar-refractivity contribution in [2.75, 3.05) is 31.1 Å². The van der Waals surface area contributed by atoms with Crippen LogP contribution < -0.4 is 10.2 Å². The first-order valence-electron chi connectivity index (χ1n) is 10.8. The summed E-state index contributed by atoms with van der Waals surface area (Å²) in [4.78, 5) is 38.2. The summed E-state index contributed by atoms with van der Waals surface area (Å²) in [5.74, 6) is 1.12. The molecule has 30 heavy (non-hydrogen) atoms. The van der Waals surface area contributed by atoms with Crippen molar-refractivity contribution in [1.82, 2.24) is 20.2 Å². The number of rotatable bonds is 5. The molecule has 7 heteroatoms. The molecule has 1 N–H and O–H groups in total. The van der Waals surface area contributed by atoms with Crippen LogP contribution in [-0.2, 0) is 16.1 Å². The monoisotopic (exact) mass is 407 g/mol. The summed E-state index contributed by atoms with van der Waals surface area (Å²) in [7, 11) is 0. The summed E-state index contributed by atoms with van der Waals surface area (Å²) in [6.07, 6.45) is 8.45. The molecule has 1 aromatic heterocycles. The predicted octanol–water partition coefficient (Wildman–Crippen LogP) is 2.25. The molecule has 2 saturated heterocycles. The second-order valence-corrected chi connectivity index (χ2v) is 8.15. The van der Waals surface area contributed by atoms with Gasteiger partial charge in [-0.2, -0.15) is 0 Å². The van der Waals surface area contributed by atoms with Gasteiger partial charge in [0.2, 0.25) is 11.8 Å². The summed E-state index contributed by atoms with van der Waals surface area (Å²) >= 11 is 0. The predicted molar refractivity (Wildman–Crippen MR) is 115 cm³/mol.